The van der Waals surface area contributed by atoms with Gasteiger partial charge in [0.15, 0.2) is 0 Å². The Bertz CT molecular complexity index is 507. The molecule has 0 atom stereocenters. The Labute approximate surface area is 119 Å². The van der Waals surface area contributed by atoms with Gasteiger partial charge in [0.1, 0.15) is 0 Å². The van der Waals surface area contributed by atoms with Crippen molar-refractivity contribution in [1.29, 1.82) is 0 Å². The van der Waals surface area contributed by atoms with E-state index in [0.717, 1.165) is 31.0 Å². The minimum atomic E-state index is 0. The highest BCUT2D eigenvalue weighted by atomic mass is 35.5. The molecule has 1 aliphatic heterocycles. The van der Waals surface area contributed by atoms with Crippen molar-refractivity contribution in [2.24, 2.45) is 0 Å². The Kier molecular flexibility index (Phi) is 4.58. The van der Waals surface area contributed by atoms with E-state index in [9.17, 15) is 0 Å². The molecule has 1 saturated heterocycles. The van der Waals surface area contributed by atoms with Crippen molar-refractivity contribution in [3.8, 4) is 5.69 Å². The van der Waals surface area contributed by atoms with Crippen LogP contribution in [0.25, 0.3) is 5.69 Å². The SMILES string of the molecule is CN(Cc1ccn(-c2ccccc2)n1)C1CNC1.Cl. The molecule has 1 aromatic carbocycles. The van der Waals surface area contributed by atoms with Crippen molar-refractivity contribution >= 4 is 12.4 Å². The largest absolute Gasteiger partial charge is 0.314 e. The third-order valence-corrected chi connectivity index (χ3v) is 3.46. The van der Waals surface area contributed by atoms with Crippen molar-refractivity contribution < 1.29 is 0 Å². The molecule has 102 valence electrons. The van der Waals surface area contributed by atoms with Crippen LogP contribution in [0.3, 0.4) is 0 Å². The standard InChI is InChI=1S/C14H18N4.ClH/c1-17(14-9-15-10-14)11-12-7-8-18(16-12)13-5-3-2-4-6-13;/h2-8,14-15H,9-11H2,1H3;1H. The van der Waals surface area contributed by atoms with Gasteiger partial charge in [0.05, 0.1) is 11.4 Å². The number of hydrogen-bond donors (Lipinski definition) is 1. The summed E-state index contributed by atoms with van der Waals surface area (Å²) in [4.78, 5) is 2.36. The molecule has 2 aromatic rings. The highest BCUT2D eigenvalue weighted by Crippen LogP contribution is 2.10. The maximum absolute atomic E-state index is 4.62. The van der Waals surface area contributed by atoms with Crippen LogP contribution in [0.4, 0.5) is 0 Å². The lowest BCUT2D eigenvalue weighted by Gasteiger charge is -2.35. The van der Waals surface area contributed by atoms with Gasteiger partial charge in [0, 0.05) is 31.9 Å². The van der Waals surface area contributed by atoms with Crippen LogP contribution < -0.4 is 5.32 Å². The molecule has 0 radical (unpaired) electrons. The predicted octanol–water partition coefficient (Wildman–Crippen LogP) is 1.70. The van der Waals surface area contributed by atoms with Gasteiger partial charge in [-0.3, -0.25) is 4.90 Å². The molecule has 0 bridgehead atoms. The van der Waals surface area contributed by atoms with E-state index in [1.165, 1.54) is 0 Å². The first-order chi connectivity index (χ1) is 8.83. The fraction of sp³-hybridized carbons (Fsp3) is 0.357. The monoisotopic (exact) mass is 278 g/mol. The fourth-order valence-electron chi connectivity index (χ4n) is 2.14. The third-order valence-electron chi connectivity index (χ3n) is 3.46. The molecule has 0 amide bonds. The molecule has 0 aliphatic carbocycles. The molecule has 19 heavy (non-hydrogen) atoms. The molecule has 0 saturated carbocycles. The van der Waals surface area contributed by atoms with Gasteiger partial charge < -0.3 is 5.32 Å². The zero-order valence-electron chi connectivity index (χ0n) is 11.0. The van der Waals surface area contributed by atoms with E-state index in [0.29, 0.717) is 6.04 Å². The zero-order valence-corrected chi connectivity index (χ0v) is 11.8. The van der Waals surface area contributed by atoms with Crippen LogP contribution in [0.2, 0.25) is 0 Å². The quantitative estimate of drug-likeness (QED) is 0.924. The van der Waals surface area contributed by atoms with E-state index in [1.54, 1.807) is 0 Å². The van der Waals surface area contributed by atoms with E-state index in [1.807, 2.05) is 29.1 Å². The van der Waals surface area contributed by atoms with Gasteiger partial charge in [0.2, 0.25) is 0 Å². The van der Waals surface area contributed by atoms with Crippen LogP contribution in [0.15, 0.2) is 42.6 Å². The molecule has 0 unspecified atom stereocenters. The highest BCUT2D eigenvalue weighted by molar-refractivity contribution is 5.85. The number of rotatable bonds is 4. The summed E-state index contributed by atoms with van der Waals surface area (Å²) in [6, 6.07) is 13.0. The van der Waals surface area contributed by atoms with E-state index < -0.39 is 0 Å². The molecule has 1 N–H and O–H groups in total. The van der Waals surface area contributed by atoms with Crippen LogP contribution >= 0.6 is 12.4 Å². The lowest BCUT2D eigenvalue weighted by Crippen LogP contribution is -2.55. The third kappa shape index (κ3) is 3.15. The second-order valence-electron chi connectivity index (χ2n) is 4.81. The summed E-state index contributed by atoms with van der Waals surface area (Å²) in [5.41, 5.74) is 2.23. The number of halogens is 1. The minimum Gasteiger partial charge on any atom is -0.314 e. The Hall–Kier alpha value is -1.36. The summed E-state index contributed by atoms with van der Waals surface area (Å²) in [7, 11) is 2.16. The summed E-state index contributed by atoms with van der Waals surface area (Å²) >= 11 is 0. The Morgan fingerprint density at radius 3 is 2.63 bits per heavy atom. The predicted molar refractivity (Wildman–Crippen MR) is 78.9 cm³/mol. The Morgan fingerprint density at radius 1 is 1.26 bits per heavy atom. The van der Waals surface area contributed by atoms with Crippen molar-refractivity contribution in [2.75, 3.05) is 20.1 Å². The summed E-state index contributed by atoms with van der Waals surface area (Å²) in [6.45, 7) is 3.10. The lowest BCUT2D eigenvalue weighted by atomic mass is 10.1. The molecular weight excluding hydrogens is 260 g/mol. The second-order valence-corrected chi connectivity index (χ2v) is 4.81. The summed E-state index contributed by atoms with van der Waals surface area (Å²) in [5, 5.41) is 7.91. The van der Waals surface area contributed by atoms with Crippen molar-refractivity contribution in [3.63, 3.8) is 0 Å². The van der Waals surface area contributed by atoms with Gasteiger partial charge in [-0.25, -0.2) is 4.68 Å². The number of para-hydroxylation sites is 1. The Morgan fingerprint density at radius 2 is 2.00 bits per heavy atom. The number of aromatic nitrogens is 2. The van der Waals surface area contributed by atoms with Crippen molar-refractivity contribution in [3.05, 3.63) is 48.3 Å². The molecule has 1 aliphatic rings. The number of nitrogens with one attached hydrogen (secondary N) is 1. The van der Waals surface area contributed by atoms with Gasteiger partial charge in [-0.05, 0) is 25.2 Å². The highest BCUT2D eigenvalue weighted by Gasteiger charge is 2.21. The van der Waals surface area contributed by atoms with Gasteiger partial charge >= 0.3 is 0 Å². The first-order valence-electron chi connectivity index (χ1n) is 6.34. The van der Waals surface area contributed by atoms with Crippen LogP contribution in [-0.4, -0.2) is 40.9 Å². The molecule has 3 rings (SSSR count). The first-order valence-corrected chi connectivity index (χ1v) is 6.34. The zero-order chi connectivity index (χ0) is 12.4. The van der Waals surface area contributed by atoms with E-state index in [2.05, 4.69) is 40.6 Å². The average molecular weight is 279 g/mol. The summed E-state index contributed by atoms with van der Waals surface area (Å²) in [5.74, 6) is 0. The summed E-state index contributed by atoms with van der Waals surface area (Å²) < 4.78 is 1.93. The van der Waals surface area contributed by atoms with Gasteiger partial charge in [0.25, 0.3) is 0 Å². The van der Waals surface area contributed by atoms with Gasteiger partial charge in [-0.2, -0.15) is 5.10 Å². The van der Waals surface area contributed by atoms with Gasteiger partial charge in [-0.15, -0.1) is 12.4 Å². The molecule has 1 fully saturated rings. The van der Waals surface area contributed by atoms with Crippen LogP contribution in [-0.2, 0) is 6.54 Å². The molecule has 1 aromatic heterocycles. The number of nitrogens with zero attached hydrogens (tertiary/aromatic N) is 3. The molecule has 2 heterocycles. The number of hydrogen-bond acceptors (Lipinski definition) is 3. The first kappa shape index (κ1) is 14.1. The number of benzene rings is 1. The van der Waals surface area contributed by atoms with Crippen LogP contribution in [0.5, 0.6) is 0 Å². The normalized spacial score (nSPS) is 15.1. The summed E-state index contributed by atoms with van der Waals surface area (Å²) in [6.07, 6.45) is 2.03. The van der Waals surface area contributed by atoms with Crippen LogP contribution in [0, 0.1) is 0 Å². The van der Waals surface area contributed by atoms with Crippen molar-refractivity contribution in [2.45, 2.75) is 12.6 Å². The van der Waals surface area contributed by atoms with Crippen LogP contribution in [0.1, 0.15) is 5.69 Å². The van der Waals surface area contributed by atoms with Gasteiger partial charge in [-0.1, -0.05) is 18.2 Å². The molecule has 5 heteroatoms. The van der Waals surface area contributed by atoms with E-state index >= 15 is 0 Å². The maximum atomic E-state index is 4.62. The fourth-order valence-corrected chi connectivity index (χ4v) is 2.14. The maximum Gasteiger partial charge on any atom is 0.0769 e. The molecule has 4 nitrogen and oxygen atoms in total. The van der Waals surface area contributed by atoms with E-state index in [4.69, 9.17) is 0 Å². The number of likely N-dealkylation sites (N-methyl/N-ethyl adjacent to an activating group) is 1. The van der Waals surface area contributed by atoms with Crippen molar-refractivity contribution in [1.82, 2.24) is 20.0 Å². The topological polar surface area (TPSA) is 33.1 Å². The lowest BCUT2D eigenvalue weighted by molar-refractivity contribution is 0.171. The minimum absolute atomic E-state index is 0. The molecule has 0 spiro atoms. The molecular formula is C14H19ClN4. The average Bonchev–Trinajstić information content (AvgIpc) is 2.76. The smallest absolute Gasteiger partial charge is 0.0769 e. The second kappa shape index (κ2) is 6.19. The van der Waals surface area contributed by atoms with E-state index in [-0.39, 0.29) is 12.4 Å². The Balaban J connectivity index is 0.00000133.